The van der Waals surface area contributed by atoms with Gasteiger partial charge in [-0.1, -0.05) is 13.8 Å². The van der Waals surface area contributed by atoms with Crippen molar-refractivity contribution >= 4 is 11.9 Å². The van der Waals surface area contributed by atoms with Crippen molar-refractivity contribution in [3.05, 3.63) is 0 Å². The van der Waals surface area contributed by atoms with Crippen LogP contribution in [0.5, 0.6) is 0 Å². The minimum Gasteiger partial charge on any atom is -0.480 e. The van der Waals surface area contributed by atoms with Crippen molar-refractivity contribution in [2.45, 2.75) is 52.0 Å². The predicted octanol–water partition coefficient (Wildman–Crippen LogP) is 1.89. The number of carbonyl (C=O) groups excluding carboxylic acids is 1. The molecule has 4 nitrogen and oxygen atoms in total. The third kappa shape index (κ3) is 1.74. The minimum atomic E-state index is -0.978. The second-order valence-corrected chi connectivity index (χ2v) is 5.94. The smallest absolute Gasteiger partial charge is 0.329 e. The van der Waals surface area contributed by atoms with Crippen LogP contribution in [0.3, 0.4) is 0 Å². The topological polar surface area (TPSA) is 57.6 Å². The molecule has 2 fully saturated rings. The average molecular weight is 239 g/mol. The molecule has 1 N–H and O–H groups in total. The van der Waals surface area contributed by atoms with E-state index in [0.717, 1.165) is 19.3 Å². The van der Waals surface area contributed by atoms with Crippen molar-refractivity contribution in [2.75, 3.05) is 6.54 Å². The van der Waals surface area contributed by atoms with E-state index in [4.69, 9.17) is 0 Å². The fourth-order valence-corrected chi connectivity index (χ4v) is 2.91. The van der Waals surface area contributed by atoms with E-state index in [-0.39, 0.29) is 17.2 Å². The molecule has 1 saturated carbocycles. The zero-order chi connectivity index (χ0) is 12.8. The number of aliphatic carboxylic acids is 1. The van der Waals surface area contributed by atoms with Gasteiger partial charge in [-0.05, 0) is 38.0 Å². The minimum absolute atomic E-state index is 0.0456. The van der Waals surface area contributed by atoms with Crippen LogP contribution in [-0.2, 0) is 9.59 Å². The first kappa shape index (κ1) is 12.4. The van der Waals surface area contributed by atoms with Gasteiger partial charge in [0.05, 0.1) is 0 Å². The van der Waals surface area contributed by atoms with Crippen molar-refractivity contribution in [3.8, 4) is 0 Å². The van der Waals surface area contributed by atoms with Crippen molar-refractivity contribution in [3.63, 3.8) is 0 Å². The lowest BCUT2D eigenvalue weighted by molar-refractivity contribution is -0.156. The molecular weight excluding hydrogens is 218 g/mol. The third-order valence-corrected chi connectivity index (χ3v) is 4.83. The molecule has 3 atom stereocenters. The molecule has 17 heavy (non-hydrogen) atoms. The molecule has 96 valence electrons. The van der Waals surface area contributed by atoms with E-state index >= 15 is 0 Å². The third-order valence-electron chi connectivity index (χ3n) is 4.83. The maximum atomic E-state index is 12.4. The van der Waals surface area contributed by atoms with Gasteiger partial charge in [0.1, 0.15) is 5.54 Å². The fourth-order valence-electron chi connectivity index (χ4n) is 2.91. The first-order valence-corrected chi connectivity index (χ1v) is 6.40. The van der Waals surface area contributed by atoms with Crippen molar-refractivity contribution in [2.24, 2.45) is 11.3 Å². The summed E-state index contributed by atoms with van der Waals surface area (Å²) in [4.78, 5) is 25.3. The fraction of sp³-hybridized carbons (Fsp3) is 0.846. The average Bonchev–Trinajstić information content (AvgIpc) is 2.80. The number of nitrogens with zero attached hydrogens (tertiary/aromatic N) is 1. The van der Waals surface area contributed by atoms with Gasteiger partial charge < -0.3 is 10.0 Å². The SMILES string of the molecule is CCC1(C)CC1C(=O)N1CCCC1(C)C(=O)O. The van der Waals surface area contributed by atoms with E-state index in [0.29, 0.717) is 13.0 Å². The second kappa shape index (κ2) is 3.72. The Labute approximate surface area is 102 Å². The number of likely N-dealkylation sites (tertiary alicyclic amines) is 1. The zero-order valence-corrected chi connectivity index (χ0v) is 10.8. The lowest BCUT2D eigenvalue weighted by Crippen LogP contribution is -2.51. The van der Waals surface area contributed by atoms with Gasteiger partial charge in [-0.15, -0.1) is 0 Å². The summed E-state index contributed by atoms with van der Waals surface area (Å²) in [5.41, 5.74) is -0.868. The molecule has 1 amide bonds. The zero-order valence-electron chi connectivity index (χ0n) is 10.8. The Hall–Kier alpha value is -1.06. The molecule has 0 aromatic rings. The summed E-state index contributed by atoms with van der Waals surface area (Å²) in [5.74, 6) is -0.775. The standard InChI is InChI=1S/C13H21NO3/c1-4-12(2)8-9(12)10(15)14-7-5-6-13(14,3)11(16)17/h9H,4-8H2,1-3H3,(H,16,17). The molecule has 1 aliphatic heterocycles. The van der Waals surface area contributed by atoms with E-state index in [1.807, 2.05) is 0 Å². The summed E-state index contributed by atoms with van der Waals surface area (Å²) < 4.78 is 0. The molecule has 0 radical (unpaired) electrons. The molecule has 3 unspecified atom stereocenters. The molecule has 4 heteroatoms. The number of hydrogen-bond donors (Lipinski definition) is 1. The molecule has 2 aliphatic rings. The summed E-state index contributed by atoms with van der Waals surface area (Å²) in [7, 11) is 0. The number of rotatable bonds is 3. The van der Waals surface area contributed by atoms with Gasteiger partial charge in [0.15, 0.2) is 0 Å². The highest BCUT2D eigenvalue weighted by Gasteiger charge is 2.57. The lowest BCUT2D eigenvalue weighted by atomic mass is 9.97. The Balaban J connectivity index is 2.13. The van der Waals surface area contributed by atoms with E-state index < -0.39 is 11.5 Å². The first-order valence-electron chi connectivity index (χ1n) is 6.40. The van der Waals surface area contributed by atoms with Crippen molar-refractivity contribution < 1.29 is 14.7 Å². The summed E-state index contributed by atoms with van der Waals surface area (Å²) in [6.45, 7) is 6.47. The van der Waals surface area contributed by atoms with Crippen LogP contribution in [0.15, 0.2) is 0 Å². The normalized spacial score (nSPS) is 40.4. The van der Waals surface area contributed by atoms with Crippen LogP contribution in [0.2, 0.25) is 0 Å². The van der Waals surface area contributed by atoms with Crippen molar-refractivity contribution in [1.82, 2.24) is 4.90 Å². The molecule has 2 rings (SSSR count). The summed E-state index contributed by atoms with van der Waals surface area (Å²) in [6, 6.07) is 0. The largest absolute Gasteiger partial charge is 0.480 e. The van der Waals surface area contributed by atoms with Gasteiger partial charge in [0.25, 0.3) is 0 Å². The summed E-state index contributed by atoms with van der Waals surface area (Å²) in [5, 5.41) is 9.29. The van der Waals surface area contributed by atoms with E-state index in [1.54, 1.807) is 11.8 Å². The van der Waals surface area contributed by atoms with Crippen LogP contribution >= 0.6 is 0 Å². The number of carboxylic acids is 1. The van der Waals surface area contributed by atoms with Gasteiger partial charge in [-0.2, -0.15) is 0 Å². The van der Waals surface area contributed by atoms with Crippen LogP contribution in [0.4, 0.5) is 0 Å². The molecular formula is C13H21NO3. The van der Waals surface area contributed by atoms with E-state index in [2.05, 4.69) is 13.8 Å². The number of amides is 1. The Morgan fingerprint density at radius 1 is 1.41 bits per heavy atom. The number of carboxylic acid groups (broad SMARTS) is 1. The summed E-state index contributed by atoms with van der Waals surface area (Å²) >= 11 is 0. The van der Waals surface area contributed by atoms with Crippen LogP contribution in [0.25, 0.3) is 0 Å². The van der Waals surface area contributed by atoms with Gasteiger partial charge in [-0.25, -0.2) is 4.79 Å². The molecule has 1 aliphatic carbocycles. The molecule has 0 bridgehead atoms. The highest BCUT2D eigenvalue weighted by Crippen LogP contribution is 2.56. The first-order chi connectivity index (χ1) is 7.85. The van der Waals surface area contributed by atoms with Gasteiger partial charge >= 0.3 is 5.97 Å². The molecule has 1 heterocycles. The Kier molecular flexibility index (Phi) is 2.71. The van der Waals surface area contributed by atoms with E-state index in [1.165, 1.54) is 0 Å². The van der Waals surface area contributed by atoms with Gasteiger partial charge in [0, 0.05) is 12.5 Å². The Morgan fingerprint density at radius 3 is 2.53 bits per heavy atom. The van der Waals surface area contributed by atoms with Crippen LogP contribution in [0.1, 0.15) is 46.5 Å². The molecule has 0 aromatic carbocycles. The summed E-state index contributed by atoms with van der Waals surface area (Å²) in [6.07, 6.45) is 3.27. The van der Waals surface area contributed by atoms with Crippen LogP contribution < -0.4 is 0 Å². The molecule has 0 spiro atoms. The Bertz CT molecular complexity index is 368. The quantitative estimate of drug-likeness (QED) is 0.818. The Morgan fingerprint density at radius 2 is 2.06 bits per heavy atom. The maximum Gasteiger partial charge on any atom is 0.329 e. The van der Waals surface area contributed by atoms with Crippen molar-refractivity contribution in [1.29, 1.82) is 0 Å². The molecule has 1 saturated heterocycles. The highest BCUT2D eigenvalue weighted by molar-refractivity contribution is 5.90. The lowest BCUT2D eigenvalue weighted by Gasteiger charge is -2.32. The monoisotopic (exact) mass is 239 g/mol. The van der Waals surface area contributed by atoms with Gasteiger partial charge in [-0.3, -0.25) is 4.79 Å². The van der Waals surface area contributed by atoms with Gasteiger partial charge in [0.2, 0.25) is 5.91 Å². The predicted molar refractivity (Wildman–Crippen MR) is 63.5 cm³/mol. The number of hydrogen-bond acceptors (Lipinski definition) is 2. The number of carbonyl (C=O) groups is 2. The second-order valence-electron chi connectivity index (χ2n) is 5.94. The maximum absolute atomic E-state index is 12.4. The van der Waals surface area contributed by atoms with E-state index in [9.17, 15) is 14.7 Å². The highest BCUT2D eigenvalue weighted by atomic mass is 16.4. The van der Waals surface area contributed by atoms with Crippen LogP contribution in [-0.4, -0.2) is 34.0 Å². The molecule has 0 aromatic heterocycles. The van der Waals surface area contributed by atoms with Crippen LogP contribution in [0, 0.1) is 11.3 Å².